The van der Waals surface area contributed by atoms with Crippen LogP contribution in [0.25, 0.3) is 0 Å². The second-order valence-electron chi connectivity index (χ2n) is 3.04. The maximum Gasteiger partial charge on any atom is 0.231 e. The van der Waals surface area contributed by atoms with Crippen molar-refractivity contribution < 1.29 is 9.42 Å². The van der Waals surface area contributed by atoms with Crippen molar-refractivity contribution in [2.24, 2.45) is 0 Å². The summed E-state index contributed by atoms with van der Waals surface area (Å²) in [5.41, 5.74) is 5.73. The van der Waals surface area contributed by atoms with Crippen molar-refractivity contribution in [2.45, 2.75) is 6.42 Å². The molecule has 0 saturated carbocycles. The average molecular weight is 219 g/mol. The number of aromatic nitrogens is 3. The van der Waals surface area contributed by atoms with Crippen LogP contribution in [0.1, 0.15) is 5.69 Å². The Morgan fingerprint density at radius 3 is 2.94 bits per heavy atom. The molecule has 0 aliphatic rings. The largest absolute Gasteiger partial charge is 0.379 e. The molecule has 0 radical (unpaired) electrons. The predicted octanol–water partition coefficient (Wildman–Crippen LogP) is 0.228. The van der Waals surface area contributed by atoms with Gasteiger partial charge in [-0.15, -0.1) is 0 Å². The van der Waals surface area contributed by atoms with Gasteiger partial charge in [0.1, 0.15) is 11.5 Å². The molecule has 0 aliphatic carbocycles. The van der Waals surface area contributed by atoms with E-state index in [0.717, 1.165) is 0 Å². The van der Waals surface area contributed by atoms with Gasteiger partial charge in [-0.05, 0) is 17.3 Å². The van der Waals surface area contributed by atoms with Gasteiger partial charge in [0.15, 0.2) is 5.82 Å². The minimum Gasteiger partial charge on any atom is -0.379 e. The van der Waals surface area contributed by atoms with Crippen LogP contribution in [-0.4, -0.2) is 21.2 Å². The van der Waals surface area contributed by atoms with E-state index < -0.39 is 0 Å². The van der Waals surface area contributed by atoms with Crippen molar-refractivity contribution in [3.05, 3.63) is 30.1 Å². The fraction of sp³-hybridized carbons (Fsp3) is 0.111. The van der Waals surface area contributed by atoms with Gasteiger partial charge in [-0.3, -0.25) is 4.79 Å². The molecular formula is C9H9N5O2. The van der Waals surface area contributed by atoms with Crippen LogP contribution in [0, 0.1) is 0 Å². The molecule has 0 fully saturated rings. The lowest BCUT2D eigenvalue weighted by Gasteiger charge is -2.01. The third-order valence-electron chi connectivity index (χ3n) is 1.85. The Bertz CT molecular complexity index is 482. The van der Waals surface area contributed by atoms with Crippen molar-refractivity contribution in [3.8, 4) is 0 Å². The highest BCUT2D eigenvalue weighted by Gasteiger charge is 2.11. The number of anilines is 2. The Labute approximate surface area is 90.6 Å². The SMILES string of the molecule is Nc1nonc1CC(=O)Nc1ccccn1. The van der Waals surface area contributed by atoms with Crippen LogP contribution < -0.4 is 11.1 Å². The third-order valence-corrected chi connectivity index (χ3v) is 1.85. The minimum absolute atomic E-state index is 0.00586. The molecular weight excluding hydrogens is 210 g/mol. The highest BCUT2D eigenvalue weighted by molar-refractivity contribution is 5.91. The molecule has 0 aliphatic heterocycles. The van der Waals surface area contributed by atoms with E-state index in [4.69, 9.17) is 5.73 Å². The van der Waals surface area contributed by atoms with Crippen LogP contribution in [-0.2, 0) is 11.2 Å². The van der Waals surface area contributed by atoms with E-state index in [-0.39, 0.29) is 18.1 Å². The highest BCUT2D eigenvalue weighted by Crippen LogP contribution is 2.06. The van der Waals surface area contributed by atoms with Crippen LogP contribution in [0.4, 0.5) is 11.6 Å². The molecule has 2 aromatic rings. The number of nitrogens with two attached hydrogens (primary N) is 1. The number of nitrogens with one attached hydrogen (secondary N) is 1. The zero-order chi connectivity index (χ0) is 11.4. The van der Waals surface area contributed by atoms with Gasteiger partial charge in [0.05, 0.1) is 6.42 Å². The Morgan fingerprint density at radius 1 is 1.44 bits per heavy atom. The summed E-state index contributed by atoms with van der Waals surface area (Å²) in [4.78, 5) is 15.5. The standard InChI is InChI=1S/C9H9N5O2/c10-9-6(13-16-14-9)5-8(15)12-7-3-1-2-4-11-7/h1-4H,5H2,(H2,10,14)(H,11,12,15). The molecule has 0 atom stereocenters. The summed E-state index contributed by atoms with van der Waals surface area (Å²) in [6.07, 6.45) is 1.59. The lowest BCUT2D eigenvalue weighted by Crippen LogP contribution is -2.16. The molecule has 2 heterocycles. The summed E-state index contributed by atoms with van der Waals surface area (Å²) in [5.74, 6) is 0.319. The number of amides is 1. The first-order valence-corrected chi connectivity index (χ1v) is 4.53. The summed E-state index contributed by atoms with van der Waals surface area (Å²) in [7, 11) is 0. The van der Waals surface area contributed by atoms with Crippen LogP contribution in [0.3, 0.4) is 0 Å². The van der Waals surface area contributed by atoms with Gasteiger partial charge in [-0.1, -0.05) is 11.2 Å². The number of hydrogen-bond donors (Lipinski definition) is 2. The van der Waals surface area contributed by atoms with Crippen molar-refractivity contribution in [3.63, 3.8) is 0 Å². The monoisotopic (exact) mass is 219 g/mol. The van der Waals surface area contributed by atoms with Crippen molar-refractivity contribution >= 4 is 17.5 Å². The van der Waals surface area contributed by atoms with Gasteiger partial charge >= 0.3 is 0 Å². The Morgan fingerprint density at radius 2 is 2.31 bits per heavy atom. The molecule has 2 rings (SSSR count). The van der Waals surface area contributed by atoms with Crippen LogP contribution in [0.2, 0.25) is 0 Å². The fourth-order valence-corrected chi connectivity index (χ4v) is 1.11. The van der Waals surface area contributed by atoms with E-state index in [1.807, 2.05) is 0 Å². The van der Waals surface area contributed by atoms with Gasteiger partial charge in [0.25, 0.3) is 0 Å². The van der Waals surface area contributed by atoms with E-state index in [1.54, 1.807) is 24.4 Å². The van der Waals surface area contributed by atoms with Crippen LogP contribution in [0.5, 0.6) is 0 Å². The summed E-state index contributed by atoms with van der Waals surface area (Å²) < 4.78 is 4.38. The van der Waals surface area contributed by atoms with Crippen LogP contribution >= 0.6 is 0 Å². The van der Waals surface area contributed by atoms with Crippen molar-refractivity contribution in [1.29, 1.82) is 0 Å². The maximum atomic E-state index is 11.5. The Balaban J connectivity index is 1.98. The first-order valence-electron chi connectivity index (χ1n) is 4.53. The normalized spacial score (nSPS) is 10.0. The molecule has 82 valence electrons. The number of carbonyl (C=O) groups excluding carboxylic acids is 1. The zero-order valence-electron chi connectivity index (χ0n) is 8.25. The summed E-state index contributed by atoms with van der Waals surface area (Å²) in [5, 5.41) is 9.47. The first kappa shape index (κ1) is 10.1. The zero-order valence-corrected chi connectivity index (χ0v) is 8.25. The second-order valence-corrected chi connectivity index (χ2v) is 3.04. The number of nitrogen functional groups attached to an aromatic ring is 1. The third kappa shape index (κ3) is 2.32. The summed E-state index contributed by atoms with van der Waals surface area (Å²) in [6.45, 7) is 0. The number of carbonyl (C=O) groups is 1. The van der Waals surface area contributed by atoms with Gasteiger partial charge in [-0.25, -0.2) is 9.61 Å². The maximum absolute atomic E-state index is 11.5. The van der Waals surface area contributed by atoms with Gasteiger partial charge in [0.2, 0.25) is 5.91 Å². The number of pyridine rings is 1. The number of rotatable bonds is 3. The molecule has 0 aromatic carbocycles. The summed E-state index contributed by atoms with van der Waals surface area (Å²) >= 11 is 0. The number of hydrogen-bond acceptors (Lipinski definition) is 6. The average Bonchev–Trinajstić information content (AvgIpc) is 2.66. The molecule has 0 unspecified atom stereocenters. The minimum atomic E-state index is -0.277. The van der Waals surface area contributed by atoms with E-state index >= 15 is 0 Å². The van der Waals surface area contributed by atoms with Crippen LogP contribution in [0.15, 0.2) is 29.0 Å². The Kier molecular flexibility index (Phi) is 2.77. The molecule has 0 bridgehead atoms. The molecule has 7 heteroatoms. The lowest BCUT2D eigenvalue weighted by atomic mass is 10.3. The fourth-order valence-electron chi connectivity index (χ4n) is 1.11. The van der Waals surface area contributed by atoms with Crippen molar-refractivity contribution in [2.75, 3.05) is 11.1 Å². The summed E-state index contributed by atoms with van der Waals surface area (Å²) in [6, 6.07) is 5.21. The number of nitrogens with zero attached hydrogens (tertiary/aromatic N) is 3. The molecule has 16 heavy (non-hydrogen) atoms. The quantitative estimate of drug-likeness (QED) is 0.765. The lowest BCUT2D eigenvalue weighted by molar-refractivity contribution is -0.115. The second kappa shape index (κ2) is 4.39. The van der Waals surface area contributed by atoms with Gasteiger partial charge in [0, 0.05) is 6.20 Å². The molecule has 0 spiro atoms. The molecule has 2 aromatic heterocycles. The predicted molar refractivity (Wildman–Crippen MR) is 55.3 cm³/mol. The van der Waals surface area contributed by atoms with Gasteiger partial charge < -0.3 is 11.1 Å². The van der Waals surface area contributed by atoms with Gasteiger partial charge in [-0.2, -0.15) is 0 Å². The molecule has 3 N–H and O–H groups in total. The van der Waals surface area contributed by atoms with Crippen molar-refractivity contribution in [1.82, 2.24) is 15.3 Å². The topological polar surface area (TPSA) is 107 Å². The Hall–Kier alpha value is -2.44. The van der Waals surface area contributed by atoms with E-state index in [1.165, 1.54) is 0 Å². The van der Waals surface area contributed by atoms with E-state index in [2.05, 4.69) is 25.2 Å². The van der Waals surface area contributed by atoms with E-state index in [0.29, 0.717) is 11.5 Å². The first-order chi connectivity index (χ1) is 7.75. The molecule has 0 saturated heterocycles. The highest BCUT2D eigenvalue weighted by atomic mass is 16.6. The van der Waals surface area contributed by atoms with E-state index in [9.17, 15) is 4.79 Å². The molecule has 1 amide bonds. The molecule has 7 nitrogen and oxygen atoms in total. The smallest absolute Gasteiger partial charge is 0.231 e.